The number of hydrogen-bond donors (Lipinski definition) is 1. The van der Waals surface area contributed by atoms with Crippen molar-refractivity contribution in [1.82, 2.24) is 9.55 Å². The van der Waals surface area contributed by atoms with Gasteiger partial charge in [0.1, 0.15) is 0 Å². The van der Waals surface area contributed by atoms with Crippen LogP contribution in [0.15, 0.2) is 36.7 Å². The third kappa shape index (κ3) is 3.16. The molecule has 1 N–H and O–H groups in total. The number of nitrogens with zero attached hydrogens (tertiary/aromatic N) is 2. The van der Waals surface area contributed by atoms with E-state index in [1.807, 2.05) is 12.4 Å². The molecule has 3 nitrogen and oxygen atoms in total. The molecule has 19 heavy (non-hydrogen) atoms. The Hall–Kier alpha value is -1.77. The molecule has 2 rings (SSSR count). The topological polar surface area (TPSA) is 29.9 Å². The van der Waals surface area contributed by atoms with Gasteiger partial charge < -0.3 is 5.32 Å². The van der Waals surface area contributed by atoms with Crippen LogP contribution >= 0.6 is 0 Å². The first-order chi connectivity index (χ1) is 9.02. The van der Waals surface area contributed by atoms with Crippen LogP contribution in [0.2, 0.25) is 0 Å². The van der Waals surface area contributed by atoms with Gasteiger partial charge in [-0.15, -0.1) is 0 Å². The van der Waals surface area contributed by atoms with E-state index in [1.54, 1.807) is 0 Å². The van der Waals surface area contributed by atoms with Gasteiger partial charge in [-0.25, -0.2) is 4.98 Å². The Labute approximate surface area is 115 Å². The third-order valence-corrected chi connectivity index (χ3v) is 3.19. The van der Waals surface area contributed by atoms with Crippen molar-refractivity contribution in [3.05, 3.63) is 42.2 Å². The number of anilines is 1. The minimum Gasteiger partial charge on any atom is -0.355 e. The predicted molar refractivity (Wildman–Crippen MR) is 81.0 cm³/mol. The molecule has 2 aromatic rings. The van der Waals surface area contributed by atoms with Crippen LogP contribution in [0.25, 0.3) is 5.69 Å². The van der Waals surface area contributed by atoms with Crippen LogP contribution in [0.3, 0.4) is 0 Å². The SMILES string of the molecule is CCCNc1nccn1-c1ccc(C(C)(C)C)cc1. The second-order valence-electron chi connectivity index (χ2n) is 5.84. The number of nitrogens with one attached hydrogen (secondary N) is 1. The van der Waals surface area contributed by atoms with Crippen molar-refractivity contribution >= 4 is 5.95 Å². The maximum atomic E-state index is 4.35. The Bertz CT molecular complexity index is 518. The van der Waals surface area contributed by atoms with Crippen LogP contribution in [0.1, 0.15) is 39.7 Å². The van der Waals surface area contributed by atoms with Crippen LogP contribution in [-0.4, -0.2) is 16.1 Å². The van der Waals surface area contributed by atoms with Crippen molar-refractivity contribution in [1.29, 1.82) is 0 Å². The van der Waals surface area contributed by atoms with Gasteiger partial charge in [-0.2, -0.15) is 0 Å². The standard InChI is InChI=1S/C16H23N3/c1-5-10-17-15-18-11-12-19(15)14-8-6-13(7-9-14)16(2,3)4/h6-9,11-12H,5,10H2,1-4H3,(H,17,18). The first-order valence-corrected chi connectivity index (χ1v) is 6.90. The van der Waals surface area contributed by atoms with Gasteiger partial charge in [-0.1, -0.05) is 39.8 Å². The van der Waals surface area contributed by atoms with Crippen LogP contribution in [0.5, 0.6) is 0 Å². The van der Waals surface area contributed by atoms with Gasteiger partial charge in [0.2, 0.25) is 5.95 Å². The van der Waals surface area contributed by atoms with Crippen molar-refractivity contribution in [3.63, 3.8) is 0 Å². The van der Waals surface area contributed by atoms with E-state index in [0.29, 0.717) is 0 Å². The summed E-state index contributed by atoms with van der Waals surface area (Å²) in [6, 6.07) is 8.69. The van der Waals surface area contributed by atoms with E-state index in [-0.39, 0.29) is 5.41 Å². The molecule has 0 spiro atoms. The van der Waals surface area contributed by atoms with E-state index < -0.39 is 0 Å². The summed E-state index contributed by atoms with van der Waals surface area (Å²) in [4.78, 5) is 4.35. The fraction of sp³-hybridized carbons (Fsp3) is 0.438. The number of benzene rings is 1. The zero-order valence-electron chi connectivity index (χ0n) is 12.3. The molecule has 0 aliphatic rings. The molecule has 0 amide bonds. The highest BCUT2D eigenvalue weighted by atomic mass is 15.2. The van der Waals surface area contributed by atoms with E-state index in [0.717, 1.165) is 24.6 Å². The van der Waals surface area contributed by atoms with Gasteiger partial charge in [0.15, 0.2) is 0 Å². The van der Waals surface area contributed by atoms with Gasteiger partial charge in [0.05, 0.1) is 0 Å². The van der Waals surface area contributed by atoms with E-state index in [1.165, 1.54) is 5.56 Å². The molecule has 0 fully saturated rings. The maximum absolute atomic E-state index is 4.35. The molecule has 1 aromatic carbocycles. The quantitative estimate of drug-likeness (QED) is 0.897. The summed E-state index contributed by atoms with van der Waals surface area (Å²) < 4.78 is 2.09. The fourth-order valence-electron chi connectivity index (χ4n) is 2.00. The second kappa shape index (κ2) is 5.47. The van der Waals surface area contributed by atoms with Crippen molar-refractivity contribution in [2.75, 3.05) is 11.9 Å². The first kappa shape index (κ1) is 13.7. The number of hydrogen-bond acceptors (Lipinski definition) is 2. The summed E-state index contributed by atoms with van der Waals surface area (Å²) in [5.41, 5.74) is 2.68. The van der Waals surface area contributed by atoms with E-state index >= 15 is 0 Å². The number of aromatic nitrogens is 2. The Morgan fingerprint density at radius 1 is 1.16 bits per heavy atom. The molecule has 0 bridgehead atoms. The highest BCUT2D eigenvalue weighted by Crippen LogP contribution is 2.24. The number of rotatable bonds is 4. The molecule has 3 heteroatoms. The molecular weight excluding hydrogens is 234 g/mol. The van der Waals surface area contributed by atoms with E-state index in [9.17, 15) is 0 Å². The van der Waals surface area contributed by atoms with Gasteiger partial charge in [-0.05, 0) is 29.5 Å². The second-order valence-corrected chi connectivity index (χ2v) is 5.84. The highest BCUT2D eigenvalue weighted by Gasteiger charge is 2.13. The third-order valence-electron chi connectivity index (χ3n) is 3.19. The molecular formula is C16H23N3. The lowest BCUT2D eigenvalue weighted by atomic mass is 9.87. The Morgan fingerprint density at radius 3 is 2.42 bits per heavy atom. The molecule has 0 radical (unpaired) electrons. The molecule has 1 aromatic heterocycles. The van der Waals surface area contributed by atoms with Gasteiger partial charge in [0.25, 0.3) is 0 Å². The Morgan fingerprint density at radius 2 is 1.84 bits per heavy atom. The molecule has 1 heterocycles. The summed E-state index contributed by atoms with van der Waals surface area (Å²) in [6.45, 7) is 9.78. The smallest absolute Gasteiger partial charge is 0.207 e. The summed E-state index contributed by atoms with van der Waals surface area (Å²) in [6.07, 6.45) is 4.91. The minimum absolute atomic E-state index is 0.191. The molecule has 0 atom stereocenters. The minimum atomic E-state index is 0.191. The van der Waals surface area contributed by atoms with Crippen LogP contribution in [-0.2, 0) is 5.41 Å². The normalized spacial score (nSPS) is 11.6. The Kier molecular flexibility index (Phi) is 3.93. The lowest BCUT2D eigenvalue weighted by molar-refractivity contribution is 0.590. The van der Waals surface area contributed by atoms with Crippen LogP contribution in [0, 0.1) is 0 Å². The van der Waals surface area contributed by atoms with E-state index in [2.05, 4.69) is 66.8 Å². The number of imidazole rings is 1. The average Bonchev–Trinajstić information content (AvgIpc) is 2.83. The summed E-state index contributed by atoms with van der Waals surface area (Å²) in [7, 11) is 0. The zero-order valence-corrected chi connectivity index (χ0v) is 12.3. The molecule has 0 saturated heterocycles. The highest BCUT2D eigenvalue weighted by molar-refractivity contribution is 5.43. The van der Waals surface area contributed by atoms with Crippen LogP contribution in [0.4, 0.5) is 5.95 Å². The summed E-state index contributed by atoms with van der Waals surface area (Å²) in [5.74, 6) is 0.908. The van der Waals surface area contributed by atoms with Gasteiger partial charge in [-0.3, -0.25) is 4.57 Å². The van der Waals surface area contributed by atoms with Crippen LogP contribution < -0.4 is 5.32 Å². The predicted octanol–water partition coefficient (Wildman–Crippen LogP) is 3.99. The summed E-state index contributed by atoms with van der Waals surface area (Å²) >= 11 is 0. The Balaban J connectivity index is 2.25. The zero-order chi connectivity index (χ0) is 13.9. The van der Waals surface area contributed by atoms with Crippen molar-refractivity contribution in [2.24, 2.45) is 0 Å². The molecule has 0 saturated carbocycles. The maximum Gasteiger partial charge on any atom is 0.207 e. The first-order valence-electron chi connectivity index (χ1n) is 6.90. The lowest BCUT2D eigenvalue weighted by Crippen LogP contribution is -2.11. The monoisotopic (exact) mass is 257 g/mol. The molecule has 0 aliphatic carbocycles. The van der Waals surface area contributed by atoms with Gasteiger partial charge >= 0.3 is 0 Å². The van der Waals surface area contributed by atoms with Gasteiger partial charge in [0, 0.05) is 24.6 Å². The molecule has 102 valence electrons. The fourth-order valence-corrected chi connectivity index (χ4v) is 2.00. The molecule has 0 aliphatic heterocycles. The van der Waals surface area contributed by atoms with Crippen molar-refractivity contribution in [2.45, 2.75) is 39.5 Å². The van der Waals surface area contributed by atoms with Crippen molar-refractivity contribution < 1.29 is 0 Å². The summed E-state index contributed by atoms with van der Waals surface area (Å²) in [5, 5.41) is 3.34. The lowest BCUT2D eigenvalue weighted by Gasteiger charge is -2.19. The average molecular weight is 257 g/mol. The van der Waals surface area contributed by atoms with Crippen molar-refractivity contribution in [3.8, 4) is 5.69 Å². The molecule has 0 unspecified atom stereocenters. The van der Waals surface area contributed by atoms with E-state index in [4.69, 9.17) is 0 Å². The largest absolute Gasteiger partial charge is 0.355 e.